The second-order valence-corrected chi connectivity index (χ2v) is 5.35. The molecule has 22 heavy (non-hydrogen) atoms. The third kappa shape index (κ3) is 3.37. The van der Waals surface area contributed by atoms with Crippen LogP contribution in [0.15, 0.2) is 78.9 Å². The molecule has 0 heterocycles. The summed E-state index contributed by atoms with van der Waals surface area (Å²) in [6.07, 6.45) is 0. The van der Waals surface area contributed by atoms with Crippen molar-refractivity contribution in [3.05, 3.63) is 90.0 Å². The number of rotatable bonds is 3. The van der Waals surface area contributed by atoms with E-state index < -0.39 is 0 Å². The van der Waals surface area contributed by atoms with Gasteiger partial charge in [0.05, 0.1) is 0 Å². The average Bonchev–Trinajstić information content (AvgIpc) is 2.51. The maximum absolute atomic E-state index is 2.28. The number of aryl methyl sites for hydroxylation is 2. The van der Waals surface area contributed by atoms with E-state index in [9.17, 15) is 0 Å². The Hall–Kier alpha value is -2.54. The van der Waals surface area contributed by atoms with Gasteiger partial charge in [-0.1, -0.05) is 55.5 Å². The summed E-state index contributed by atoms with van der Waals surface area (Å²) in [5.74, 6) is 0. The van der Waals surface area contributed by atoms with Crippen molar-refractivity contribution in [3.63, 3.8) is 0 Å². The summed E-state index contributed by atoms with van der Waals surface area (Å²) in [5, 5.41) is 0. The van der Waals surface area contributed by atoms with Crippen LogP contribution in [0.5, 0.6) is 0 Å². The maximum Gasteiger partial charge on any atom is 0.0464 e. The van der Waals surface area contributed by atoms with E-state index in [0.29, 0.717) is 0 Å². The molecule has 3 aromatic carbocycles. The van der Waals surface area contributed by atoms with Crippen LogP contribution in [-0.2, 0) is 0 Å². The summed E-state index contributed by atoms with van der Waals surface area (Å²) in [5.41, 5.74) is 6.07. The first kappa shape index (κ1) is 15.8. The van der Waals surface area contributed by atoms with Crippen molar-refractivity contribution < 1.29 is 0 Å². The van der Waals surface area contributed by atoms with Crippen molar-refractivity contribution in [2.24, 2.45) is 0 Å². The summed E-state index contributed by atoms with van der Waals surface area (Å²) in [6.45, 7) is 4.24. The van der Waals surface area contributed by atoms with Gasteiger partial charge in [-0.25, -0.2) is 0 Å². The van der Waals surface area contributed by atoms with Crippen molar-refractivity contribution in [3.8, 4) is 0 Å². The first-order valence-electron chi connectivity index (χ1n) is 7.22. The Kier molecular flexibility index (Phi) is 5.00. The van der Waals surface area contributed by atoms with Gasteiger partial charge in [0, 0.05) is 17.1 Å². The third-order valence-electron chi connectivity index (χ3n) is 3.57. The van der Waals surface area contributed by atoms with Crippen molar-refractivity contribution in [1.29, 1.82) is 0 Å². The molecular formula is C21H23N. The lowest BCUT2D eigenvalue weighted by Crippen LogP contribution is -2.09. The summed E-state index contributed by atoms with van der Waals surface area (Å²) in [7, 11) is 0. The predicted octanol–water partition coefficient (Wildman–Crippen LogP) is 6.41. The fourth-order valence-corrected chi connectivity index (χ4v) is 2.49. The largest absolute Gasteiger partial charge is 0.310 e. The zero-order valence-electron chi connectivity index (χ0n) is 12.5. The molecule has 0 spiro atoms. The molecule has 0 radical (unpaired) electrons. The van der Waals surface area contributed by atoms with E-state index in [-0.39, 0.29) is 7.43 Å². The molecule has 0 aliphatic heterocycles. The number of nitrogens with zero attached hydrogens (tertiary/aromatic N) is 1. The van der Waals surface area contributed by atoms with E-state index in [4.69, 9.17) is 0 Å². The Morgan fingerprint density at radius 1 is 0.545 bits per heavy atom. The van der Waals surface area contributed by atoms with Crippen LogP contribution in [0.3, 0.4) is 0 Å². The average molecular weight is 289 g/mol. The van der Waals surface area contributed by atoms with Crippen LogP contribution in [0.1, 0.15) is 18.6 Å². The molecule has 0 amide bonds. The highest BCUT2D eigenvalue weighted by Crippen LogP contribution is 2.34. The van der Waals surface area contributed by atoms with Crippen LogP contribution in [0.25, 0.3) is 0 Å². The molecule has 1 heteroatoms. The first-order valence-corrected chi connectivity index (χ1v) is 7.22. The number of para-hydroxylation sites is 1. The van der Waals surface area contributed by atoms with E-state index in [0.717, 1.165) is 0 Å². The van der Waals surface area contributed by atoms with Gasteiger partial charge in [0.25, 0.3) is 0 Å². The van der Waals surface area contributed by atoms with E-state index in [1.165, 1.54) is 28.2 Å². The highest BCUT2D eigenvalue weighted by molar-refractivity contribution is 5.76. The van der Waals surface area contributed by atoms with E-state index in [1.807, 2.05) is 6.07 Å². The molecule has 0 saturated carbocycles. The topological polar surface area (TPSA) is 3.24 Å². The summed E-state index contributed by atoms with van der Waals surface area (Å²) < 4.78 is 0. The number of hydrogen-bond donors (Lipinski definition) is 0. The van der Waals surface area contributed by atoms with Gasteiger partial charge in [-0.2, -0.15) is 0 Å². The standard InChI is InChI=1S/C20H19N.CH4/c1-16-11-13-19(14-12-16)21(18-8-4-3-5-9-18)20-10-6-7-17(2)15-20;/h3-15H,1-2H3;1H4. The lowest BCUT2D eigenvalue weighted by molar-refractivity contribution is 1.26. The molecule has 112 valence electrons. The zero-order valence-corrected chi connectivity index (χ0v) is 12.5. The molecule has 0 fully saturated rings. The fourth-order valence-electron chi connectivity index (χ4n) is 2.49. The Morgan fingerprint density at radius 3 is 1.77 bits per heavy atom. The van der Waals surface area contributed by atoms with Gasteiger partial charge < -0.3 is 4.90 Å². The second-order valence-electron chi connectivity index (χ2n) is 5.35. The minimum Gasteiger partial charge on any atom is -0.310 e. The van der Waals surface area contributed by atoms with E-state index in [1.54, 1.807) is 0 Å². The summed E-state index contributed by atoms with van der Waals surface area (Å²) >= 11 is 0. The Bertz CT molecular complexity index is 714. The number of benzene rings is 3. The first-order chi connectivity index (χ1) is 10.2. The molecule has 0 aliphatic carbocycles. The Labute approximate surface area is 133 Å². The lowest BCUT2D eigenvalue weighted by atomic mass is 10.1. The Morgan fingerprint density at radius 2 is 1.14 bits per heavy atom. The normalized spacial score (nSPS) is 9.91. The van der Waals surface area contributed by atoms with E-state index in [2.05, 4.69) is 91.5 Å². The Balaban J connectivity index is 0.00000176. The van der Waals surface area contributed by atoms with Gasteiger partial charge in [-0.05, 0) is 55.8 Å². The molecule has 0 bridgehead atoms. The fraction of sp³-hybridized carbons (Fsp3) is 0.143. The maximum atomic E-state index is 2.28. The molecule has 0 atom stereocenters. The van der Waals surface area contributed by atoms with Crippen molar-refractivity contribution in [1.82, 2.24) is 0 Å². The minimum absolute atomic E-state index is 0. The van der Waals surface area contributed by atoms with Gasteiger partial charge in [0.1, 0.15) is 0 Å². The molecule has 3 aromatic rings. The molecule has 0 aliphatic rings. The molecule has 0 N–H and O–H groups in total. The van der Waals surface area contributed by atoms with Crippen LogP contribution in [-0.4, -0.2) is 0 Å². The highest BCUT2D eigenvalue weighted by atomic mass is 15.1. The molecule has 0 saturated heterocycles. The van der Waals surface area contributed by atoms with Crippen molar-refractivity contribution in [2.45, 2.75) is 21.3 Å². The quantitative estimate of drug-likeness (QED) is 0.538. The molecule has 3 rings (SSSR count). The predicted molar refractivity (Wildman–Crippen MR) is 97.3 cm³/mol. The van der Waals surface area contributed by atoms with Crippen LogP contribution >= 0.6 is 0 Å². The summed E-state index contributed by atoms with van der Waals surface area (Å²) in [6, 6.07) is 27.7. The minimum atomic E-state index is 0. The van der Waals surface area contributed by atoms with Crippen LogP contribution < -0.4 is 4.90 Å². The number of hydrogen-bond acceptors (Lipinski definition) is 1. The second kappa shape index (κ2) is 6.95. The molecular weight excluding hydrogens is 266 g/mol. The SMILES string of the molecule is C.Cc1ccc(N(c2ccccc2)c2cccc(C)c2)cc1. The van der Waals surface area contributed by atoms with Gasteiger partial charge in [-0.15, -0.1) is 0 Å². The highest BCUT2D eigenvalue weighted by Gasteiger charge is 2.11. The smallest absolute Gasteiger partial charge is 0.0464 e. The van der Waals surface area contributed by atoms with Crippen LogP contribution in [0, 0.1) is 13.8 Å². The third-order valence-corrected chi connectivity index (χ3v) is 3.57. The van der Waals surface area contributed by atoms with Gasteiger partial charge in [0.15, 0.2) is 0 Å². The van der Waals surface area contributed by atoms with Crippen LogP contribution in [0.2, 0.25) is 0 Å². The van der Waals surface area contributed by atoms with Gasteiger partial charge >= 0.3 is 0 Å². The number of anilines is 3. The van der Waals surface area contributed by atoms with Crippen molar-refractivity contribution in [2.75, 3.05) is 4.90 Å². The van der Waals surface area contributed by atoms with Gasteiger partial charge in [-0.3, -0.25) is 0 Å². The molecule has 0 unspecified atom stereocenters. The van der Waals surface area contributed by atoms with Crippen LogP contribution in [0.4, 0.5) is 17.1 Å². The van der Waals surface area contributed by atoms with E-state index >= 15 is 0 Å². The van der Waals surface area contributed by atoms with Gasteiger partial charge in [0.2, 0.25) is 0 Å². The molecule has 0 aromatic heterocycles. The summed E-state index contributed by atoms with van der Waals surface area (Å²) in [4.78, 5) is 2.28. The monoisotopic (exact) mass is 289 g/mol. The molecule has 1 nitrogen and oxygen atoms in total. The zero-order chi connectivity index (χ0) is 14.7. The van der Waals surface area contributed by atoms with Crippen molar-refractivity contribution >= 4 is 17.1 Å². The lowest BCUT2D eigenvalue weighted by Gasteiger charge is -2.25.